The van der Waals surface area contributed by atoms with Crippen LogP contribution in [0.3, 0.4) is 0 Å². The Morgan fingerprint density at radius 1 is 0.302 bits per heavy atom. The molecule has 1 aliphatic carbocycles. The Labute approximate surface area is 312 Å². The van der Waals surface area contributed by atoms with Gasteiger partial charge in [-0.1, -0.05) is 27.7 Å². The average Bonchev–Trinajstić information content (AvgIpc) is 3.11. The predicted octanol–water partition coefficient (Wildman–Crippen LogP) is 0.0561. The minimum Gasteiger partial charge on any atom is -1.00 e. The number of rotatable bonds is 0. The van der Waals surface area contributed by atoms with E-state index in [1.165, 1.54) is 56.9 Å². The van der Waals surface area contributed by atoms with Crippen LogP contribution in [0.25, 0.3) is 0 Å². The number of aliphatic hydroxyl groups excluding tert-OH is 2. The molecule has 8 bridgehead atoms. The van der Waals surface area contributed by atoms with Crippen LogP contribution >= 0.6 is 0 Å². The third-order valence-corrected chi connectivity index (χ3v) is 8.96. The molecule has 0 saturated heterocycles. The zero-order valence-corrected chi connectivity index (χ0v) is 31.5. The summed E-state index contributed by atoms with van der Waals surface area (Å²) in [5.41, 5.74) is -0.358. The van der Waals surface area contributed by atoms with Crippen LogP contribution in [0.1, 0.15) is 95.9 Å². The lowest BCUT2D eigenvalue weighted by molar-refractivity contribution is -0.836. The van der Waals surface area contributed by atoms with Gasteiger partial charge >= 0.3 is 0 Å². The summed E-state index contributed by atoms with van der Waals surface area (Å²) in [6.07, 6.45) is 0. The van der Waals surface area contributed by atoms with Gasteiger partial charge in [0.2, 0.25) is 23.0 Å². The van der Waals surface area contributed by atoms with Gasteiger partial charge in [-0.2, -0.15) is 0 Å². The molecule has 4 aromatic carbocycles. The van der Waals surface area contributed by atoms with E-state index in [1.807, 2.05) is 0 Å². The summed E-state index contributed by atoms with van der Waals surface area (Å²) >= 11 is 0. The fourth-order valence-corrected chi connectivity index (χ4v) is 6.07. The predicted molar refractivity (Wildman–Crippen MR) is 191 cm³/mol. The topological polar surface area (TPSA) is 288 Å². The third kappa shape index (κ3) is 8.18. The molecule has 1 aliphatic rings. The number of benzene rings is 4. The second-order valence-electron chi connectivity index (χ2n) is 12.8. The van der Waals surface area contributed by atoms with Gasteiger partial charge in [-0.25, -0.2) is 0 Å². The van der Waals surface area contributed by atoms with Crippen molar-refractivity contribution in [1.29, 1.82) is 0 Å². The van der Waals surface area contributed by atoms with Crippen LogP contribution in [0.15, 0.2) is 24.3 Å². The molecule has 5 rings (SSSR count). The number of hydrogen-bond donors (Lipinski definition) is 15. The standard InChI is InChI=1S/C32H32O12.C3H9N.2CH4O.ClH/c1-9-13-5-15(23(35)29(41)21(13)33)10(2)17-7-19(27(39)31(43)25(17)37)12(4)20-8-18(26(38)32(44)28(20)40)11(3)16-6-14(9)22(34)30(42)24(16)36;1-4(2)3;2*1-2;/h5-12,33-44H,1-4H3;1-3H3;2*2H,1H3;1H. The molecule has 0 atom stereocenters. The van der Waals surface area contributed by atoms with Crippen LogP contribution in [-0.2, 0) is 0 Å². The number of nitrogens with one attached hydrogen (secondary N) is 1. The normalized spacial score (nSPS) is 17.1. The Hall–Kier alpha value is -5.35. The first-order chi connectivity index (χ1) is 24.2. The molecule has 0 fully saturated rings. The lowest BCUT2D eigenvalue weighted by Gasteiger charge is -2.26. The van der Waals surface area contributed by atoms with E-state index in [0.717, 1.165) is 14.2 Å². The molecule has 0 unspecified atom stereocenters. The summed E-state index contributed by atoms with van der Waals surface area (Å²) in [5, 5.41) is 144. The fraction of sp³-hybridized carbons (Fsp3) is 0.351. The monoisotopic (exact) mass is 767 g/mol. The summed E-state index contributed by atoms with van der Waals surface area (Å²) in [6, 6.07) is 5.18. The molecular formula is C37H50ClNO14. The van der Waals surface area contributed by atoms with Crippen LogP contribution in [0, 0.1) is 0 Å². The van der Waals surface area contributed by atoms with Crippen molar-refractivity contribution in [2.45, 2.75) is 51.4 Å². The van der Waals surface area contributed by atoms with E-state index in [1.54, 1.807) is 0 Å². The SMILES string of the molecule is CC1c2cc(c(O)c(O)c2O)C(C)c2cc(c(O)c(O)c2O)C(C)c2cc(c(O)c(O)c2O)C(C)c2cc1c(O)c(O)c2O.CO.CO.C[NH+](C)C.[Cl-]. The molecule has 0 saturated carbocycles. The zero-order valence-electron chi connectivity index (χ0n) is 30.8. The maximum Gasteiger partial charge on any atom is 0.200 e. The van der Waals surface area contributed by atoms with Crippen LogP contribution in [0.5, 0.6) is 69.0 Å². The Balaban J connectivity index is 0.00000144. The van der Waals surface area contributed by atoms with E-state index in [2.05, 4.69) is 21.1 Å². The van der Waals surface area contributed by atoms with Crippen LogP contribution in [-0.4, -0.2) is 107 Å². The summed E-state index contributed by atoms with van der Waals surface area (Å²) in [4.78, 5) is 1.42. The molecule has 0 heterocycles. The van der Waals surface area contributed by atoms with E-state index in [-0.39, 0.29) is 56.9 Å². The highest BCUT2D eigenvalue weighted by Gasteiger charge is 2.34. The maximum absolute atomic E-state index is 10.9. The first kappa shape index (κ1) is 45.7. The lowest BCUT2D eigenvalue weighted by atomic mass is 9.80. The van der Waals surface area contributed by atoms with Crippen molar-refractivity contribution in [2.75, 3.05) is 35.4 Å². The maximum atomic E-state index is 10.9. The van der Waals surface area contributed by atoms with E-state index >= 15 is 0 Å². The van der Waals surface area contributed by atoms with Gasteiger partial charge in [0, 0.05) is 82.4 Å². The van der Waals surface area contributed by atoms with Crippen LogP contribution in [0.4, 0.5) is 0 Å². The Bertz CT molecular complexity index is 1550. The van der Waals surface area contributed by atoms with Gasteiger partial charge in [-0.05, 0) is 24.3 Å². The Morgan fingerprint density at radius 2 is 0.396 bits per heavy atom. The summed E-state index contributed by atoms with van der Waals surface area (Å²) in [5.74, 6) is -13.9. The number of phenols is 12. The summed E-state index contributed by atoms with van der Waals surface area (Å²) in [6.45, 7) is 5.98. The number of quaternary nitrogens is 1. The van der Waals surface area contributed by atoms with Gasteiger partial charge in [0.05, 0.1) is 21.1 Å². The second-order valence-corrected chi connectivity index (χ2v) is 12.8. The number of aromatic hydroxyl groups is 12. The van der Waals surface area contributed by atoms with E-state index < -0.39 is 92.7 Å². The number of aliphatic hydroxyl groups is 2. The number of phenolic OH excluding ortho intramolecular Hbond substituents is 12. The van der Waals surface area contributed by atoms with Crippen LogP contribution < -0.4 is 17.3 Å². The van der Waals surface area contributed by atoms with Gasteiger partial charge in [0.1, 0.15) is 0 Å². The molecule has 0 radical (unpaired) electrons. The Kier molecular flexibility index (Phi) is 15.4. The van der Waals surface area contributed by atoms with Crippen molar-refractivity contribution in [3.05, 3.63) is 68.8 Å². The van der Waals surface area contributed by atoms with Crippen molar-refractivity contribution in [2.24, 2.45) is 0 Å². The van der Waals surface area contributed by atoms with Gasteiger partial charge in [0.15, 0.2) is 46.0 Å². The number of hydrogen-bond acceptors (Lipinski definition) is 14. The van der Waals surface area contributed by atoms with Crippen molar-refractivity contribution < 1.29 is 88.8 Å². The highest BCUT2D eigenvalue weighted by Crippen LogP contribution is 2.56. The van der Waals surface area contributed by atoms with Gasteiger partial charge < -0.3 is 88.8 Å². The van der Waals surface area contributed by atoms with Crippen molar-refractivity contribution in [3.8, 4) is 69.0 Å². The van der Waals surface area contributed by atoms with E-state index in [9.17, 15) is 61.3 Å². The fourth-order valence-electron chi connectivity index (χ4n) is 6.07. The molecule has 0 spiro atoms. The van der Waals surface area contributed by atoms with Crippen molar-refractivity contribution in [3.63, 3.8) is 0 Å². The first-order valence-electron chi connectivity index (χ1n) is 16.0. The highest BCUT2D eigenvalue weighted by molar-refractivity contribution is 5.70. The largest absolute Gasteiger partial charge is 1.00 e. The van der Waals surface area contributed by atoms with Gasteiger partial charge in [0.25, 0.3) is 0 Å². The molecule has 53 heavy (non-hydrogen) atoms. The number of fused-ring (bicyclic) bond motifs is 8. The minimum absolute atomic E-state index is 0. The summed E-state index contributed by atoms with van der Waals surface area (Å²) in [7, 11) is 8.25. The molecule has 0 aromatic heterocycles. The van der Waals surface area contributed by atoms with Gasteiger partial charge in [-0.3, -0.25) is 0 Å². The second kappa shape index (κ2) is 17.9. The molecule has 15 N–H and O–H groups in total. The lowest BCUT2D eigenvalue weighted by Crippen LogP contribution is -3.02. The minimum atomic E-state index is -1.03. The molecule has 294 valence electrons. The molecule has 16 heteroatoms. The van der Waals surface area contributed by atoms with Crippen molar-refractivity contribution in [1.82, 2.24) is 0 Å². The first-order valence-corrected chi connectivity index (χ1v) is 16.0. The Morgan fingerprint density at radius 3 is 0.491 bits per heavy atom. The molecule has 0 aliphatic heterocycles. The van der Waals surface area contributed by atoms with E-state index in [4.69, 9.17) is 10.2 Å². The quantitative estimate of drug-likeness (QED) is 0.105. The van der Waals surface area contributed by atoms with Crippen molar-refractivity contribution >= 4 is 0 Å². The highest BCUT2D eigenvalue weighted by atomic mass is 35.5. The third-order valence-electron chi connectivity index (χ3n) is 8.96. The smallest absolute Gasteiger partial charge is 0.200 e. The van der Waals surface area contributed by atoms with E-state index in [0.29, 0.717) is 0 Å². The summed E-state index contributed by atoms with van der Waals surface area (Å²) < 4.78 is 0. The average molecular weight is 768 g/mol. The molecule has 4 aromatic rings. The molecule has 15 nitrogen and oxygen atoms in total. The molecular weight excluding hydrogens is 718 g/mol. The number of halogens is 1. The van der Waals surface area contributed by atoms with Gasteiger partial charge in [-0.15, -0.1) is 0 Å². The zero-order chi connectivity index (χ0) is 40.3. The molecule has 0 amide bonds. The van der Waals surface area contributed by atoms with Crippen LogP contribution in [0.2, 0.25) is 0 Å².